The molecule has 0 unspecified atom stereocenters. The lowest BCUT2D eigenvalue weighted by molar-refractivity contribution is -0.120. The summed E-state index contributed by atoms with van der Waals surface area (Å²) >= 11 is 0. The van der Waals surface area contributed by atoms with Gasteiger partial charge in [0.1, 0.15) is 6.33 Å². The highest BCUT2D eigenvalue weighted by Crippen LogP contribution is 2.08. The van der Waals surface area contributed by atoms with Crippen LogP contribution < -0.4 is 5.32 Å². The molecule has 1 amide bonds. The van der Waals surface area contributed by atoms with Crippen LogP contribution in [0.4, 0.5) is 0 Å². The molecular formula is C15H22N6O. The molecule has 0 aliphatic carbocycles. The molecule has 1 aromatic heterocycles. The molecule has 0 spiro atoms. The van der Waals surface area contributed by atoms with Crippen LogP contribution in [0.2, 0.25) is 0 Å². The highest BCUT2D eigenvalue weighted by molar-refractivity contribution is 5.78. The van der Waals surface area contributed by atoms with Gasteiger partial charge in [0.15, 0.2) is 0 Å². The van der Waals surface area contributed by atoms with Crippen LogP contribution in [0.5, 0.6) is 0 Å². The highest BCUT2D eigenvalue weighted by atomic mass is 16.1. The molecule has 22 heavy (non-hydrogen) atoms. The number of carbonyl (C=O) groups is 1. The van der Waals surface area contributed by atoms with Crippen molar-refractivity contribution in [3.63, 3.8) is 0 Å². The van der Waals surface area contributed by atoms with Crippen LogP contribution >= 0.6 is 0 Å². The van der Waals surface area contributed by atoms with Crippen LogP contribution in [0, 0.1) is 0 Å². The minimum atomic E-state index is 0.0438. The maximum absolute atomic E-state index is 11.9. The van der Waals surface area contributed by atoms with Crippen LogP contribution in [0.15, 0.2) is 30.6 Å². The molecule has 0 saturated carbocycles. The monoisotopic (exact) mass is 302 g/mol. The molecular weight excluding hydrogens is 280 g/mol. The molecule has 2 rings (SSSR count). The Morgan fingerprint density at radius 3 is 2.55 bits per heavy atom. The maximum Gasteiger partial charge on any atom is 0.224 e. The first kappa shape index (κ1) is 16.1. The Kier molecular flexibility index (Phi) is 6.02. The molecule has 0 radical (unpaired) electrons. The fraction of sp³-hybridized carbons (Fsp3) is 0.467. The van der Waals surface area contributed by atoms with Gasteiger partial charge in [0.05, 0.1) is 12.1 Å². The van der Waals surface area contributed by atoms with E-state index in [9.17, 15) is 4.79 Å². The third kappa shape index (κ3) is 4.63. The van der Waals surface area contributed by atoms with Gasteiger partial charge in [-0.25, -0.2) is 4.68 Å². The van der Waals surface area contributed by atoms with Crippen molar-refractivity contribution in [2.45, 2.75) is 20.3 Å². The van der Waals surface area contributed by atoms with E-state index >= 15 is 0 Å². The summed E-state index contributed by atoms with van der Waals surface area (Å²) < 4.78 is 1.58. The Labute approximate surface area is 130 Å². The number of rotatable bonds is 8. The summed E-state index contributed by atoms with van der Waals surface area (Å²) in [7, 11) is 0. The molecule has 0 fully saturated rings. The van der Waals surface area contributed by atoms with Crippen molar-refractivity contribution in [2.75, 3.05) is 26.2 Å². The first-order chi connectivity index (χ1) is 10.7. The van der Waals surface area contributed by atoms with Crippen LogP contribution in [-0.4, -0.2) is 57.2 Å². The average Bonchev–Trinajstić information content (AvgIpc) is 3.07. The van der Waals surface area contributed by atoms with E-state index in [1.165, 1.54) is 6.33 Å². The molecule has 0 aliphatic heterocycles. The summed E-state index contributed by atoms with van der Waals surface area (Å²) in [5.41, 5.74) is 1.84. The smallest absolute Gasteiger partial charge is 0.224 e. The summed E-state index contributed by atoms with van der Waals surface area (Å²) in [6, 6.07) is 7.63. The van der Waals surface area contributed by atoms with Gasteiger partial charge in [-0.2, -0.15) is 0 Å². The van der Waals surface area contributed by atoms with Crippen molar-refractivity contribution >= 4 is 5.91 Å². The lowest BCUT2D eigenvalue weighted by Crippen LogP contribution is -2.35. The molecule has 7 nitrogen and oxygen atoms in total. The van der Waals surface area contributed by atoms with Crippen LogP contribution in [0.25, 0.3) is 5.69 Å². The number of aromatic nitrogens is 4. The van der Waals surface area contributed by atoms with E-state index in [0.29, 0.717) is 13.0 Å². The molecule has 1 N–H and O–H groups in total. The summed E-state index contributed by atoms with van der Waals surface area (Å²) in [6.07, 6.45) is 1.92. The largest absolute Gasteiger partial charge is 0.355 e. The normalized spacial score (nSPS) is 10.9. The molecule has 1 aromatic carbocycles. The van der Waals surface area contributed by atoms with E-state index < -0.39 is 0 Å². The second-order valence-electron chi connectivity index (χ2n) is 4.97. The van der Waals surface area contributed by atoms with Crippen molar-refractivity contribution in [1.29, 1.82) is 0 Å². The van der Waals surface area contributed by atoms with E-state index in [0.717, 1.165) is 30.9 Å². The molecule has 0 aliphatic rings. The fourth-order valence-corrected chi connectivity index (χ4v) is 2.19. The number of nitrogens with zero attached hydrogens (tertiary/aromatic N) is 5. The van der Waals surface area contributed by atoms with Gasteiger partial charge < -0.3 is 10.2 Å². The number of benzene rings is 1. The number of tetrazole rings is 1. The fourth-order valence-electron chi connectivity index (χ4n) is 2.19. The second-order valence-corrected chi connectivity index (χ2v) is 4.97. The first-order valence-electron chi connectivity index (χ1n) is 7.54. The Bertz CT molecular complexity index is 562. The molecule has 0 bridgehead atoms. The lowest BCUT2D eigenvalue weighted by Gasteiger charge is -2.17. The number of amides is 1. The number of hydrogen-bond donors (Lipinski definition) is 1. The second kappa shape index (κ2) is 8.23. The zero-order valence-electron chi connectivity index (χ0n) is 13.1. The molecule has 0 atom stereocenters. The third-order valence-electron chi connectivity index (χ3n) is 3.56. The summed E-state index contributed by atoms with van der Waals surface area (Å²) in [5.74, 6) is 0.0438. The van der Waals surface area contributed by atoms with Crippen molar-refractivity contribution < 1.29 is 4.79 Å². The minimum absolute atomic E-state index is 0.0438. The van der Waals surface area contributed by atoms with E-state index in [1.54, 1.807) is 4.68 Å². The first-order valence-corrected chi connectivity index (χ1v) is 7.54. The molecule has 1 heterocycles. The van der Waals surface area contributed by atoms with E-state index in [1.807, 2.05) is 24.3 Å². The van der Waals surface area contributed by atoms with Crippen molar-refractivity contribution in [3.8, 4) is 5.69 Å². The molecule has 7 heteroatoms. The number of likely N-dealkylation sites (N-methyl/N-ethyl adjacent to an activating group) is 1. The standard InChI is InChI=1S/C15H22N6O/c1-3-20(4-2)10-9-16-15(22)11-13-5-7-14(8-6-13)21-12-17-18-19-21/h5-8,12H,3-4,9-11H2,1-2H3,(H,16,22). The van der Waals surface area contributed by atoms with E-state index in [-0.39, 0.29) is 5.91 Å². The van der Waals surface area contributed by atoms with Crippen molar-refractivity contribution in [2.24, 2.45) is 0 Å². The zero-order chi connectivity index (χ0) is 15.8. The number of hydrogen-bond acceptors (Lipinski definition) is 5. The average molecular weight is 302 g/mol. The van der Waals surface area contributed by atoms with E-state index in [2.05, 4.69) is 39.6 Å². The number of nitrogens with one attached hydrogen (secondary N) is 1. The van der Waals surface area contributed by atoms with Gasteiger partial charge in [0, 0.05) is 13.1 Å². The van der Waals surface area contributed by atoms with Crippen molar-refractivity contribution in [3.05, 3.63) is 36.2 Å². The van der Waals surface area contributed by atoms with Crippen molar-refractivity contribution in [1.82, 2.24) is 30.4 Å². The van der Waals surface area contributed by atoms with Gasteiger partial charge in [0.2, 0.25) is 5.91 Å². The Balaban J connectivity index is 1.79. The highest BCUT2D eigenvalue weighted by Gasteiger charge is 2.05. The van der Waals surface area contributed by atoms with Crippen LogP contribution in [0.1, 0.15) is 19.4 Å². The SMILES string of the molecule is CCN(CC)CCNC(=O)Cc1ccc(-n2cnnn2)cc1. The Morgan fingerprint density at radius 2 is 1.95 bits per heavy atom. The van der Waals surface area contributed by atoms with Gasteiger partial charge in [0.25, 0.3) is 0 Å². The minimum Gasteiger partial charge on any atom is -0.355 e. The molecule has 2 aromatic rings. The van der Waals surface area contributed by atoms with Crippen LogP contribution in [0.3, 0.4) is 0 Å². The molecule has 118 valence electrons. The summed E-state index contributed by atoms with van der Waals surface area (Å²) in [4.78, 5) is 14.2. The lowest BCUT2D eigenvalue weighted by atomic mass is 10.1. The Hall–Kier alpha value is -2.28. The van der Waals surface area contributed by atoms with Gasteiger partial charge in [-0.05, 0) is 41.2 Å². The molecule has 0 saturated heterocycles. The van der Waals surface area contributed by atoms with E-state index in [4.69, 9.17) is 0 Å². The van der Waals surface area contributed by atoms with Gasteiger partial charge in [-0.3, -0.25) is 4.79 Å². The van der Waals surface area contributed by atoms with Gasteiger partial charge in [-0.1, -0.05) is 26.0 Å². The predicted octanol–water partition coefficient (Wildman–Crippen LogP) is 0.663. The van der Waals surface area contributed by atoms with Gasteiger partial charge >= 0.3 is 0 Å². The summed E-state index contributed by atoms with van der Waals surface area (Å²) in [6.45, 7) is 7.82. The third-order valence-corrected chi connectivity index (χ3v) is 3.56. The quantitative estimate of drug-likeness (QED) is 0.775. The predicted molar refractivity (Wildman–Crippen MR) is 83.7 cm³/mol. The summed E-state index contributed by atoms with van der Waals surface area (Å²) in [5, 5.41) is 14.0. The number of carbonyl (C=O) groups excluding carboxylic acids is 1. The Morgan fingerprint density at radius 1 is 1.23 bits per heavy atom. The zero-order valence-corrected chi connectivity index (χ0v) is 13.1. The van der Waals surface area contributed by atoms with Gasteiger partial charge in [-0.15, -0.1) is 5.10 Å². The topological polar surface area (TPSA) is 75.9 Å². The van der Waals surface area contributed by atoms with Crippen LogP contribution in [-0.2, 0) is 11.2 Å². The maximum atomic E-state index is 11.9.